The predicted octanol–water partition coefficient (Wildman–Crippen LogP) is 4.83. The summed E-state index contributed by atoms with van der Waals surface area (Å²) in [5, 5.41) is 3.78. The van der Waals surface area contributed by atoms with E-state index >= 15 is 0 Å². The lowest BCUT2D eigenvalue weighted by Gasteiger charge is -2.20. The molecule has 0 aliphatic rings. The van der Waals surface area contributed by atoms with E-state index in [2.05, 4.69) is 26.1 Å². The molecule has 108 valence electrons. The van der Waals surface area contributed by atoms with E-state index in [0.29, 0.717) is 12.0 Å². The molecule has 1 aromatic rings. The minimum atomic E-state index is -0.318. The third kappa shape index (κ3) is 6.40. The van der Waals surface area contributed by atoms with Gasteiger partial charge in [-0.05, 0) is 55.8 Å². The maximum Gasteiger partial charge on any atom is 0.142 e. The van der Waals surface area contributed by atoms with Crippen LogP contribution in [0.3, 0.4) is 0 Å². The van der Waals surface area contributed by atoms with Gasteiger partial charge < -0.3 is 5.32 Å². The molecule has 0 bridgehead atoms. The molecule has 0 radical (unpaired) electrons. The van der Waals surface area contributed by atoms with Crippen LogP contribution < -0.4 is 5.32 Å². The summed E-state index contributed by atoms with van der Waals surface area (Å²) in [5.41, 5.74) is 1.02. The summed E-state index contributed by atoms with van der Waals surface area (Å²) in [6.07, 6.45) is 4.24. The maximum absolute atomic E-state index is 13.4. The summed E-state index contributed by atoms with van der Waals surface area (Å²) >= 11 is 5.69. The van der Waals surface area contributed by atoms with Crippen molar-refractivity contribution in [2.24, 2.45) is 5.92 Å². The van der Waals surface area contributed by atoms with E-state index in [4.69, 9.17) is 11.6 Å². The number of hydrogen-bond donors (Lipinski definition) is 1. The average Bonchev–Trinajstić information content (AvgIpc) is 2.36. The van der Waals surface area contributed by atoms with Gasteiger partial charge in [-0.1, -0.05) is 38.4 Å². The molecule has 1 unspecified atom stereocenters. The third-order valence-corrected chi connectivity index (χ3v) is 3.51. The SMILES string of the molecule is CCCNC(CCc1ccc(Cl)c(F)c1)CC(C)C. The van der Waals surface area contributed by atoms with Gasteiger partial charge in [0.1, 0.15) is 5.82 Å². The van der Waals surface area contributed by atoms with E-state index in [1.807, 2.05) is 6.07 Å². The zero-order valence-electron chi connectivity index (χ0n) is 12.2. The smallest absolute Gasteiger partial charge is 0.142 e. The van der Waals surface area contributed by atoms with Gasteiger partial charge in [0.15, 0.2) is 0 Å². The molecule has 1 nitrogen and oxygen atoms in total. The van der Waals surface area contributed by atoms with Crippen molar-refractivity contribution in [2.45, 2.75) is 52.5 Å². The molecule has 0 aliphatic carbocycles. The van der Waals surface area contributed by atoms with Crippen molar-refractivity contribution in [3.05, 3.63) is 34.6 Å². The molecule has 0 amide bonds. The quantitative estimate of drug-likeness (QED) is 0.722. The monoisotopic (exact) mass is 285 g/mol. The highest BCUT2D eigenvalue weighted by molar-refractivity contribution is 6.30. The second-order valence-electron chi connectivity index (χ2n) is 5.57. The van der Waals surface area contributed by atoms with E-state index in [-0.39, 0.29) is 10.8 Å². The fourth-order valence-electron chi connectivity index (χ4n) is 2.26. The van der Waals surface area contributed by atoms with Crippen molar-refractivity contribution in [3.8, 4) is 0 Å². The number of hydrogen-bond acceptors (Lipinski definition) is 1. The van der Waals surface area contributed by atoms with Gasteiger partial charge in [0, 0.05) is 6.04 Å². The van der Waals surface area contributed by atoms with E-state index in [9.17, 15) is 4.39 Å². The Kier molecular flexibility index (Phi) is 7.40. The van der Waals surface area contributed by atoms with Crippen molar-refractivity contribution in [1.82, 2.24) is 5.32 Å². The van der Waals surface area contributed by atoms with Gasteiger partial charge in [0.25, 0.3) is 0 Å². The van der Waals surface area contributed by atoms with E-state index in [1.54, 1.807) is 12.1 Å². The first kappa shape index (κ1) is 16.5. The predicted molar refractivity (Wildman–Crippen MR) is 81.3 cm³/mol. The van der Waals surface area contributed by atoms with Gasteiger partial charge in [0.05, 0.1) is 5.02 Å². The number of rotatable bonds is 8. The standard InChI is InChI=1S/C16H25ClFN/c1-4-9-19-14(10-12(2)3)7-5-13-6-8-15(17)16(18)11-13/h6,8,11-12,14,19H,4-5,7,9-10H2,1-3H3. The molecule has 19 heavy (non-hydrogen) atoms. The van der Waals surface area contributed by atoms with Gasteiger partial charge in [-0.3, -0.25) is 0 Å². The Balaban J connectivity index is 2.51. The molecule has 1 aromatic carbocycles. The lowest BCUT2D eigenvalue weighted by Crippen LogP contribution is -2.31. The number of halogens is 2. The van der Waals surface area contributed by atoms with E-state index in [0.717, 1.165) is 37.8 Å². The van der Waals surface area contributed by atoms with E-state index in [1.165, 1.54) is 0 Å². The number of benzene rings is 1. The van der Waals surface area contributed by atoms with Crippen LogP contribution in [0.5, 0.6) is 0 Å². The molecular weight excluding hydrogens is 261 g/mol. The molecule has 0 fully saturated rings. The van der Waals surface area contributed by atoms with Crippen LogP contribution in [-0.4, -0.2) is 12.6 Å². The van der Waals surface area contributed by atoms with Crippen LogP contribution in [0.4, 0.5) is 4.39 Å². The van der Waals surface area contributed by atoms with Gasteiger partial charge >= 0.3 is 0 Å². The summed E-state index contributed by atoms with van der Waals surface area (Å²) in [6.45, 7) is 7.70. The molecule has 1 rings (SSSR count). The third-order valence-electron chi connectivity index (χ3n) is 3.20. The molecule has 0 saturated carbocycles. The molecule has 3 heteroatoms. The second kappa shape index (κ2) is 8.55. The Morgan fingerprint density at radius 1 is 1.32 bits per heavy atom. The Labute approximate surface area is 121 Å². The minimum absolute atomic E-state index is 0.201. The van der Waals surface area contributed by atoms with Crippen LogP contribution in [-0.2, 0) is 6.42 Å². The number of nitrogens with one attached hydrogen (secondary N) is 1. The topological polar surface area (TPSA) is 12.0 Å². The van der Waals surface area contributed by atoms with Crippen LogP contribution in [0.1, 0.15) is 45.6 Å². The Hall–Kier alpha value is -0.600. The molecule has 0 aliphatic heterocycles. The van der Waals surface area contributed by atoms with Gasteiger partial charge in [-0.15, -0.1) is 0 Å². The normalized spacial score (nSPS) is 12.9. The van der Waals surface area contributed by atoms with Gasteiger partial charge in [-0.25, -0.2) is 4.39 Å². The summed E-state index contributed by atoms with van der Waals surface area (Å²) in [7, 11) is 0. The summed E-state index contributed by atoms with van der Waals surface area (Å²) in [6, 6.07) is 5.62. The first-order valence-corrected chi connectivity index (χ1v) is 7.58. The molecule has 1 N–H and O–H groups in total. The summed E-state index contributed by atoms with van der Waals surface area (Å²) < 4.78 is 13.4. The Morgan fingerprint density at radius 2 is 2.05 bits per heavy atom. The van der Waals surface area contributed by atoms with Crippen LogP contribution in [0, 0.1) is 11.7 Å². The van der Waals surface area contributed by atoms with Gasteiger partial charge in [-0.2, -0.15) is 0 Å². The van der Waals surface area contributed by atoms with Gasteiger partial charge in [0.2, 0.25) is 0 Å². The molecule has 0 saturated heterocycles. The molecule has 0 spiro atoms. The summed E-state index contributed by atoms with van der Waals surface area (Å²) in [4.78, 5) is 0. The average molecular weight is 286 g/mol. The highest BCUT2D eigenvalue weighted by atomic mass is 35.5. The number of aryl methyl sites for hydroxylation is 1. The fourth-order valence-corrected chi connectivity index (χ4v) is 2.37. The molecule has 0 aromatic heterocycles. The zero-order chi connectivity index (χ0) is 14.3. The van der Waals surface area contributed by atoms with Crippen LogP contribution >= 0.6 is 11.6 Å². The molecule has 1 atom stereocenters. The highest BCUT2D eigenvalue weighted by Crippen LogP contribution is 2.18. The van der Waals surface area contributed by atoms with Crippen molar-refractivity contribution < 1.29 is 4.39 Å². The zero-order valence-corrected chi connectivity index (χ0v) is 12.9. The van der Waals surface area contributed by atoms with E-state index < -0.39 is 0 Å². The maximum atomic E-state index is 13.4. The van der Waals surface area contributed by atoms with Crippen LogP contribution in [0.25, 0.3) is 0 Å². The van der Waals surface area contributed by atoms with Crippen molar-refractivity contribution in [3.63, 3.8) is 0 Å². The lowest BCUT2D eigenvalue weighted by molar-refractivity contribution is 0.398. The largest absolute Gasteiger partial charge is 0.314 e. The second-order valence-corrected chi connectivity index (χ2v) is 5.97. The molecule has 0 heterocycles. The van der Waals surface area contributed by atoms with Crippen molar-refractivity contribution in [1.29, 1.82) is 0 Å². The minimum Gasteiger partial charge on any atom is -0.314 e. The summed E-state index contributed by atoms with van der Waals surface area (Å²) in [5.74, 6) is 0.359. The highest BCUT2D eigenvalue weighted by Gasteiger charge is 2.10. The van der Waals surface area contributed by atoms with Crippen molar-refractivity contribution in [2.75, 3.05) is 6.54 Å². The lowest BCUT2D eigenvalue weighted by atomic mass is 9.97. The molecular formula is C16H25ClFN. The van der Waals surface area contributed by atoms with Crippen LogP contribution in [0.2, 0.25) is 5.02 Å². The van der Waals surface area contributed by atoms with Crippen LogP contribution in [0.15, 0.2) is 18.2 Å². The van der Waals surface area contributed by atoms with Crippen molar-refractivity contribution >= 4 is 11.6 Å². The Morgan fingerprint density at radius 3 is 2.63 bits per heavy atom. The first-order valence-electron chi connectivity index (χ1n) is 7.20. The Bertz CT molecular complexity index is 379. The fraction of sp³-hybridized carbons (Fsp3) is 0.625. The first-order chi connectivity index (χ1) is 9.02.